The summed E-state index contributed by atoms with van der Waals surface area (Å²) < 4.78 is 8.02. The third-order valence-corrected chi connectivity index (χ3v) is 9.80. The standard InChI is InChI=1S/C35H36NOS/c1-21-25-8-6-7-9-26(25)29(20-35(2,3)4)34-31(21)33-32-27(12-15-36(33)5)28-18-23(22-13-16-37-17-14-22)10-11-24(28)19-30(32)38-34/h6-12,15,18-19,22H,13-14,16-17,20H2,1-5H3/q+1. The number of pyridine rings is 1. The maximum atomic E-state index is 5.65. The molecule has 7 rings (SSSR count). The van der Waals surface area contributed by atoms with E-state index >= 15 is 0 Å². The predicted molar refractivity (Wildman–Crippen MR) is 160 cm³/mol. The van der Waals surface area contributed by atoms with Crippen molar-refractivity contribution < 1.29 is 9.30 Å². The van der Waals surface area contributed by atoms with Crippen molar-refractivity contribution >= 4 is 44.1 Å². The first kappa shape index (κ1) is 24.2. The monoisotopic (exact) mass is 518 g/mol. The number of hydrogen-bond donors (Lipinski definition) is 0. The van der Waals surface area contributed by atoms with Gasteiger partial charge >= 0.3 is 0 Å². The maximum absolute atomic E-state index is 5.65. The molecule has 2 aliphatic rings. The first-order valence-electron chi connectivity index (χ1n) is 14.0. The van der Waals surface area contributed by atoms with E-state index in [1.807, 2.05) is 11.8 Å². The fourth-order valence-corrected chi connectivity index (χ4v) is 8.17. The maximum Gasteiger partial charge on any atom is 0.222 e. The molecule has 3 heteroatoms. The summed E-state index contributed by atoms with van der Waals surface area (Å²) in [5.74, 6) is 0.596. The number of aryl methyl sites for hydroxylation is 2. The first-order chi connectivity index (χ1) is 18.3. The normalized spacial score (nSPS) is 15.9. The minimum absolute atomic E-state index is 0.199. The van der Waals surface area contributed by atoms with Crippen LogP contribution >= 0.6 is 11.8 Å². The summed E-state index contributed by atoms with van der Waals surface area (Å²) in [4.78, 5) is 2.83. The van der Waals surface area contributed by atoms with Gasteiger partial charge in [0.25, 0.3) is 0 Å². The number of ether oxygens (including phenoxy) is 1. The molecule has 0 N–H and O–H groups in total. The van der Waals surface area contributed by atoms with Gasteiger partial charge in [-0.05, 0) is 81.8 Å². The summed E-state index contributed by atoms with van der Waals surface area (Å²) in [6, 6.07) is 21.0. The summed E-state index contributed by atoms with van der Waals surface area (Å²) in [6.45, 7) is 11.2. The van der Waals surface area contributed by atoms with E-state index in [1.165, 1.54) is 70.1 Å². The zero-order chi connectivity index (χ0) is 26.2. The van der Waals surface area contributed by atoms with Gasteiger partial charge in [-0.15, -0.1) is 0 Å². The summed E-state index contributed by atoms with van der Waals surface area (Å²) in [5, 5.41) is 8.30. The lowest BCUT2D eigenvalue weighted by molar-refractivity contribution is -0.659. The zero-order valence-corrected chi connectivity index (χ0v) is 24.0. The summed E-state index contributed by atoms with van der Waals surface area (Å²) in [6.07, 6.45) is 5.57. The molecule has 0 spiro atoms. The summed E-state index contributed by atoms with van der Waals surface area (Å²) >= 11 is 2.00. The van der Waals surface area contributed by atoms with Crippen LogP contribution in [-0.2, 0) is 18.2 Å². The van der Waals surface area contributed by atoms with E-state index in [9.17, 15) is 0 Å². The Labute approximate surface area is 230 Å². The predicted octanol–water partition coefficient (Wildman–Crippen LogP) is 8.89. The summed E-state index contributed by atoms with van der Waals surface area (Å²) in [7, 11) is 2.22. The SMILES string of the molecule is Cc1c2c(c(CC(C)(C)C)c3ccccc13)Sc1cc3ccc(C4CCOCC4)cc3c3cc[n+](C)c-2c13. The van der Waals surface area contributed by atoms with Crippen LogP contribution in [0.5, 0.6) is 0 Å². The van der Waals surface area contributed by atoms with Crippen LogP contribution in [0.1, 0.15) is 56.2 Å². The molecule has 2 nitrogen and oxygen atoms in total. The van der Waals surface area contributed by atoms with E-state index in [0.29, 0.717) is 5.92 Å². The zero-order valence-electron chi connectivity index (χ0n) is 23.2. The van der Waals surface area contributed by atoms with Gasteiger partial charge in [0, 0.05) is 34.5 Å². The van der Waals surface area contributed by atoms with Crippen LogP contribution < -0.4 is 4.57 Å². The Kier molecular flexibility index (Phi) is 5.62. The fourth-order valence-electron chi connectivity index (χ4n) is 6.80. The van der Waals surface area contributed by atoms with Gasteiger partial charge in [-0.1, -0.05) is 75.0 Å². The largest absolute Gasteiger partial charge is 0.381 e. The molecule has 1 saturated heterocycles. The molecule has 2 aliphatic heterocycles. The van der Waals surface area contributed by atoms with E-state index in [1.54, 1.807) is 0 Å². The highest BCUT2D eigenvalue weighted by atomic mass is 32.2. The van der Waals surface area contributed by atoms with E-state index in [-0.39, 0.29) is 5.41 Å². The minimum atomic E-state index is 0.199. The second kappa shape index (κ2) is 8.83. The average Bonchev–Trinajstić information content (AvgIpc) is 2.91. The highest BCUT2D eigenvalue weighted by Crippen LogP contribution is 2.53. The van der Waals surface area contributed by atoms with Crippen LogP contribution in [-0.4, -0.2) is 13.2 Å². The lowest BCUT2D eigenvalue weighted by Crippen LogP contribution is -2.32. The third kappa shape index (κ3) is 3.78. The van der Waals surface area contributed by atoms with Crippen molar-refractivity contribution in [2.24, 2.45) is 12.5 Å². The molecule has 0 amide bonds. The molecule has 0 unspecified atom stereocenters. The molecule has 38 heavy (non-hydrogen) atoms. The van der Waals surface area contributed by atoms with Gasteiger partial charge in [0.2, 0.25) is 5.69 Å². The van der Waals surface area contributed by atoms with Crippen LogP contribution in [0.4, 0.5) is 0 Å². The second-order valence-corrected chi connectivity index (χ2v) is 13.6. The number of fused-ring (bicyclic) bond motifs is 5. The number of rotatable bonds is 2. The fraction of sp³-hybridized carbons (Fsp3) is 0.343. The quantitative estimate of drug-likeness (QED) is 0.168. The van der Waals surface area contributed by atoms with Gasteiger partial charge in [-0.25, -0.2) is 4.57 Å². The Morgan fingerprint density at radius 3 is 2.45 bits per heavy atom. The van der Waals surface area contributed by atoms with Crippen LogP contribution in [0, 0.1) is 12.3 Å². The Morgan fingerprint density at radius 2 is 1.68 bits per heavy atom. The Bertz CT molecular complexity index is 1750. The third-order valence-electron chi connectivity index (χ3n) is 8.61. The van der Waals surface area contributed by atoms with Crippen LogP contribution in [0.15, 0.2) is 70.6 Å². The van der Waals surface area contributed by atoms with Gasteiger partial charge in [-0.3, -0.25) is 0 Å². The van der Waals surface area contributed by atoms with Gasteiger partial charge in [0.1, 0.15) is 7.05 Å². The van der Waals surface area contributed by atoms with Crippen molar-refractivity contribution in [3.8, 4) is 11.3 Å². The molecular formula is C35H36NOS+. The lowest BCUT2D eigenvalue weighted by atomic mass is 9.83. The molecule has 1 fully saturated rings. The van der Waals surface area contributed by atoms with Crippen LogP contribution in [0.3, 0.4) is 0 Å². The second-order valence-electron chi connectivity index (χ2n) is 12.5. The molecule has 0 radical (unpaired) electrons. The summed E-state index contributed by atoms with van der Waals surface area (Å²) in [5.41, 5.74) is 7.34. The smallest absolute Gasteiger partial charge is 0.222 e. The highest BCUT2D eigenvalue weighted by Gasteiger charge is 2.33. The number of aromatic nitrogens is 1. The van der Waals surface area contributed by atoms with Crippen molar-refractivity contribution in [2.75, 3.05) is 13.2 Å². The number of benzene rings is 4. The molecule has 3 heterocycles. The molecular weight excluding hydrogens is 482 g/mol. The van der Waals surface area contributed by atoms with Crippen molar-refractivity contribution in [3.63, 3.8) is 0 Å². The Morgan fingerprint density at radius 1 is 0.921 bits per heavy atom. The highest BCUT2D eigenvalue weighted by molar-refractivity contribution is 8.00. The van der Waals surface area contributed by atoms with E-state index in [2.05, 4.69) is 100 Å². The molecule has 4 aromatic carbocycles. The Balaban J connectivity index is 1.55. The van der Waals surface area contributed by atoms with Gasteiger partial charge in [-0.2, -0.15) is 0 Å². The lowest BCUT2D eigenvalue weighted by Gasteiger charge is -2.28. The van der Waals surface area contributed by atoms with Crippen LogP contribution in [0.2, 0.25) is 0 Å². The topological polar surface area (TPSA) is 13.1 Å². The van der Waals surface area contributed by atoms with E-state index in [0.717, 1.165) is 32.5 Å². The first-order valence-corrected chi connectivity index (χ1v) is 14.8. The van der Waals surface area contributed by atoms with Gasteiger partial charge < -0.3 is 4.74 Å². The Hall–Kier alpha value is -2.88. The van der Waals surface area contributed by atoms with Crippen molar-refractivity contribution in [3.05, 3.63) is 77.5 Å². The average molecular weight is 519 g/mol. The molecule has 0 aliphatic carbocycles. The van der Waals surface area contributed by atoms with Gasteiger partial charge in [0.15, 0.2) is 6.20 Å². The van der Waals surface area contributed by atoms with Gasteiger partial charge in [0.05, 0.1) is 10.9 Å². The molecule has 1 aromatic heterocycles. The molecule has 0 atom stereocenters. The van der Waals surface area contributed by atoms with Crippen LogP contribution in [0.25, 0.3) is 43.6 Å². The molecule has 0 bridgehead atoms. The van der Waals surface area contributed by atoms with Crippen molar-refractivity contribution in [1.82, 2.24) is 0 Å². The molecule has 5 aromatic rings. The molecule has 192 valence electrons. The van der Waals surface area contributed by atoms with E-state index in [4.69, 9.17) is 4.74 Å². The minimum Gasteiger partial charge on any atom is -0.381 e. The van der Waals surface area contributed by atoms with Crippen molar-refractivity contribution in [1.29, 1.82) is 0 Å². The number of hydrogen-bond acceptors (Lipinski definition) is 2. The van der Waals surface area contributed by atoms with Crippen molar-refractivity contribution in [2.45, 2.75) is 62.7 Å². The van der Waals surface area contributed by atoms with E-state index < -0.39 is 0 Å². The number of nitrogens with zero attached hydrogens (tertiary/aromatic N) is 1. The molecule has 0 saturated carbocycles.